The maximum Gasteiger partial charge on any atom is 0.326 e. The topological polar surface area (TPSA) is 229 Å². The van der Waals surface area contributed by atoms with Crippen LogP contribution >= 0.6 is 0 Å². The van der Waals surface area contributed by atoms with Gasteiger partial charge in [-0.1, -0.05) is 34.1 Å². The van der Waals surface area contributed by atoms with E-state index >= 15 is 0 Å². The number of nitrogens with two attached hydrogens (primary N) is 1. The molecule has 15 nitrogen and oxygen atoms in total. The van der Waals surface area contributed by atoms with E-state index in [0.717, 1.165) is 0 Å². The highest BCUT2D eigenvalue weighted by molar-refractivity contribution is 5.95. The summed E-state index contributed by atoms with van der Waals surface area (Å²) < 4.78 is 0. The van der Waals surface area contributed by atoms with Gasteiger partial charge in [0.25, 0.3) is 0 Å². The fourth-order valence-corrected chi connectivity index (χ4v) is 4.19. The van der Waals surface area contributed by atoms with Crippen LogP contribution in [-0.2, 0) is 33.6 Å². The Labute approximate surface area is 240 Å². The third-order valence-electron chi connectivity index (χ3n) is 6.89. The molecule has 0 aromatic rings. The summed E-state index contributed by atoms with van der Waals surface area (Å²) in [5.74, 6) is -5.29. The summed E-state index contributed by atoms with van der Waals surface area (Å²) in [5.41, 5.74) is 5.57. The Morgan fingerprint density at radius 2 is 1.37 bits per heavy atom. The third-order valence-corrected chi connectivity index (χ3v) is 6.89. The van der Waals surface area contributed by atoms with Crippen LogP contribution in [0.5, 0.6) is 0 Å². The second-order valence-electron chi connectivity index (χ2n) is 10.7. The molecule has 1 aliphatic rings. The first-order chi connectivity index (χ1) is 19.1. The van der Waals surface area contributed by atoms with E-state index in [0.29, 0.717) is 19.3 Å². The van der Waals surface area contributed by atoms with E-state index in [9.17, 15) is 38.7 Å². The zero-order valence-electron chi connectivity index (χ0n) is 24.6. The number of carboxylic acids is 1. The number of hydrogen-bond acceptors (Lipinski definition) is 8. The molecule has 0 aromatic carbocycles. The molecule has 1 fully saturated rings. The molecule has 0 unspecified atom stereocenters. The molecule has 0 spiro atoms. The Balaban J connectivity index is 2.63. The largest absolute Gasteiger partial charge is 0.480 e. The van der Waals surface area contributed by atoms with Crippen molar-refractivity contribution in [3.8, 4) is 0 Å². The number of likely N-dealkylation sites (tertiary alicyclic amines) is 1. The predicted molar refractivity (Wildman–Crippen MR) is 148 cm³/mol. The summed E-state index contributed by atoms with van der Waals surface area (Å²) in [6.07, 6.45) is 1.47. The number of carbonyl (C=O) groups is 7. The van der Waals surface area contributed by atoms with Crippen LogP contribution < -0.4 is 32.3 Å². The van der Waals surface area contributed by atoms with Crippen molar-refractivity contribution in [1.29, 1.82) is 0 Å². The first kappa shape index (κ1) is 35.3. The van der Waals surface area contributed by atoms with Crippen molar-refractivity contribution >= 4 is 41.4 Å². The smallest absolute Gasteiger partial charge is 0.326 e. The van der Waals surface area contributed by atoms with E-state index in [1.54, 1.807) is 20.8 Å². The van der Waals surface area contributed by atoms with Crippen LogP contribution in [0.1, 0.15) is 60.8 Å². The van der Waals surface area contributed by atoms with Gasteiger partial charge < -0.3 is 42.3 Å². The fourth-order valence-electron chi connectivity index (χ4n) is 4.19. The van der Waals surface area contributed by atoms with Crippen LogP contribution in [0.25, 0.3) is 0 Å². The molecule has 1 heterocycles. The molecule has 6 atom stereocenters. The number of carboxylic acid groups (broad SMARTS) is 1. The van der Waals surface area contributed by atoms with Gasteiger partial charge in [-0.3, -0.25) is 28.8 Å². The lowest BCUT2D eigenvalue weighted by atomic mass is 9.98. The molecule has 15 heteroatoms. The maximum absolute atomic E-state index is 12.7. The third kappa shape index (κ3) is 11.0. The van der Waals surface area contributed by atoms with E-state index < -0.39 is 84.7 Å². The molecule has 6 amide bonds. The first-order valence-corrected chi connectivity index (χ1v) is 13.8. The highest BCUT2D eigenvalue weighted by atomic mass is 16.4. The van der Waals surface area contributed by atoms with Gasteiger partial charge in [-0.15, -0.1) is 0 Å². The van der Waals surface area contributed by atoms with E-state index in [1.807, 2.05) is 6.92 Å². The quantitative estimate of drug-likeness (QED) is 0.111. The normalized spacial score (nSPS) is 18.3. The summed E-state index contributed by atoms with van der Waals surface area (Å²) in [5, 5.41) is 21.7. The minimum absolute atomic E-state index is 0.229. The van der Waals surface area contributed by atoms with Gasteiger partial charge in [-0.25, -0.2) is 4.79 Å². The fraction of sp³-hybridized carbons (Fsp3) is 0.731. The van der Waals surface area contributed by atoms with Crippen molar-refractivity contribution in [1.82, 2.24) is 31.5 Å². The molecule has 1 aliphatic heterocycles. The molecule has 0 aliphatic carbocycles. The minimum Gasteiger partial charge on any atom is -0.480 e. The van der Waals surface area contributed by atoms with Gasteiger partial charge in [0.15, 0.2) is 0 Å². The van der Waals surface area contributed by atoms with Crippen LogP contribution in [0.3, 0.4) is 0 Å². The maximum atomic E-state index is 12.7. The van der Waals surface area contributed by atoms with Crippen LogP contribution in [0.4, 0.5) is 0 Å². The van der Waals surface area contributed by atoms with Crippen molar-refractivity contribution in [2.45, 2.75) is 91.0 Å². The lowest BCUT2D eigenvalue weighted by Crippen LogP contribution is -2.56. The van der Waals surface area contributed by atoms with Crippen LogP contribution in [-0.4, -0.2) is 101 Å². The van der Waals surface area contributed by atoms with Crippen molar-refractivity contribution in [2.24, 2.45) is 17.6 Å². The van der Waals surface area contributed by atoms with Gasteiger partial charge in [0.1, 0.15) is 24.2 Å². The summed E-state index contributed by atoms with van der Waals surface area (Å²) in [6.45, 7) is 9.25. The number of nitrogens with one attached hydrogen (secondary N) is 5. The zero-order chi connectivity index (χ0) is 31.4. The number of hydrogen-bond donors (Lipinski definition) is 7. The van der Waals surface area contributed by atoms with E-state index in [1.165, 1.54) is 18.7 Å². The van der Waals surface area contributed by atoms with E-state index in [2.05, 4.69) is 26.6 Å². The molecule has 1 saturated heterocycles. The second-order valence-corrected chi connectivity index (χ2v) is 10.7. The molecule has 0 radical (unpaired) electrons. The highest BCUT2D eigenvalue weighted by Crippen LogP contribution is 2.18. The first-order valence-electron chi connectivity index (χ1n) is 13.8. The highest BCUT2D eigenvalue weighted by Gasteiger charge is 2.36. The Kier molecular flexibility index (Phi) is 14.2. The molecule has 232 valence electrons. The van der Waals surface area contributed by atoms with E-state index in [-0.39, 0.29) is 18.4 Å². The molecular weight excluding hydrogens is 538 g/mol. The van der Waals surface area contributed by atoms with E-state index in [4.69, 9.17) is 5.73 Å². The van der Waals surface area contributed by atoms with Crippen LogP contribution in [0.15, 0.2) is 0 Å². The molecule has 0 saturated carbocycles. The average Bonchev–Trinajstić information content (AvgIpc) is 3.41. The standard InChI is InChI=1S/C26H45N7O8/c1-7-14(4)21(32-22(36)15(5)27)24(38)29-12-19(35)31-20(13(2)3)23(37)28-11-18(34)30-16(6)25(39)33-10-8-9-17(33)26(40)41/h13-17,20-21H,7-12,27H2,1-6H3,(H,28,37)(H,29,38)(H,30,34)(H,31,35)(H,32,36)(H,40,41)/t14-,15-,16-,17-,20-,21-/m0/s1. The van der Waals surface area contributed by atoms with Gasteiger partial charge in [-0.05, 0) is 38.5 Å². The monoisotopic (exact) mass is 583 g/mol. The molecule has 0 aromatic heterocycles. The lowest BCUT2D eigenvalue weighted by molar-refractivity contribution is -0.149. The SMILES string of the molecule is CC[C@H](C)[C@H](NC(=O)[C@H](C)N)C(=O)NCC(=O)N[C@H](C(=O)NCC(=O)N[C@@H](C)C(=O)N1CCC[C@H]1C(=O)O)C(C)C. The van der Waals surface area contributed by atoms with Crippen molar-refractivity contribution < 1.29 is 38.7 Å². The van der Waals surface area contributed by atoms with Crippen LogP contribution in [0, 0.1) is 11.8 Å². The summed E-state index contributed by atoms with van der Waals surface area (Å²) >= 11 is 0. The van der Waals surface area contributed by atoms with Gasteiger partial charge in [0, 0.05) is 6.54 Å². The number of carbonyl (C=O) groups excluding carboxylic acids is 6. The van der Waals surface area contributed by atoms with Crippen molar-refractivity contribution in [2.75, 3.05) is 19.6 Å². The van der Waals surface area contributed by atoms with Gasteiger partial charge in [0.2, 0.25) is 35.4 Å². The van der Waals surface area contributed by atoms with Crippen molar-refractivity contribution in [3.05, 3.63) is 0 Å². The molecule has 1 rings (SSSR count). The summed E-state index contributed by atoms with van der Waals surface area (Å²) in [6, 6.07) is -4.68. The Hall–Kier alpha value is -3.75. The zero-order valence-corrected chi connectivity index (χ0v) is 24.6. The Morgan fingerprint density at radius 1 is 0.829 bits per heavy atom. The Bertz CT molecular complexity index is 987. The number of amides is 6. The number of nitrogens with zero attached hydrogens (tertiary/aromatic N) is 1. The Morgan fingerprint density at radius 3 is 1.85 bits per heavy atom. The van der Waals surface area contributed by atoms with Gasteiger partial charge in [-0.2, -0.15) is 0 Å². The molecular formula is C26H45N7O8. The second kappa shape index (κ2) is 16.5. The average molecular weight is 584 g/mol. The summed E-state index contributed by atoms with van der Waals surface area (Å²) in [4.78, 5) is 87.5. The number of rotatable bonds is 15. The lowest BCUT2D eigenvalue weighted by Gasteiger charge is -2.26. The van der Waals surface area contributed by atoms with Gasteiger partial charge >= 0.3 is 5.97 Å². The molecule has 41 heavy (non-hydrogen) atoms. The van der Waals surface area contributed by atoms with Crippen LogP contribution in [0.2, 0.25) is 0 Å². The minimum atomic E-state index is -1.11. The molecule has 8 N–H and O–H groups in total. The predicted octanol–water partition coefficient (Wildman–Crippen LogP) is -2.18. The van der Waals surface area contributed by atoms with Crippen molar-refractivity contribution in [3.63, 3.8) is 0 Å². The molecule has 0 bridgehead atoms. The van der Waals surface area contributed by atoms with Gasteiger partial charge in [0.05, 0.1) is 19.1 Å². The number of aliphatic carboxylic acids is 1. The summed E-state index contributed by atoms with van der Waals surface area (Å²) in [7, 11) is 0.